The van der Waals surface area contributed by atoms with Crippen molar-refractivity contribution in [2.75, 3.05) is 116 Å². The van der Waals surface area contributed by atoms with Crippen molar-refractivity contribution in [2.24, 2.45) is 0 Å². The van der Waals surface area contributed by atoms with Crippen molar-refractivity contribution >= 4 is 28.7 Å². The van der Waals surface area contributed by atoms with Gasteiger partial charge in [0.05, 0.1) is 108 Å². The van der Waals surface area contributed by atoms with E-state index in [-0.39, 0.29) is 36.1 Å². The molecule has 0 spiro atoms. The first-order chi connectivity index (χ1) is 22.9. The molecule has 0 bridgehead atoms. The number of nitro benzene ring substituents is 2. The Bertz CT molecular complexity index is 1170. The number of hydrogen-bond acceptors (Lipinski definition) is 14. The van der Waals surface area contributed by atoms with Gasteiger partial charge in [0.15, 0.2) is 0 Å². The number of hydrogen-bond donors (Lipinski definition) is 2. The van der Waals surface area contributed by atoms with Crippen molar-refractivity contribution in [1.82, 2.24) is 0 Å². The normalized spacial score (nSPS) is 10.9. The third kappa shape index (κ3) is 19.3. The highest BCUT2D eigenvalue weighted by Gasteiger charge is 2.19. The molecule has 17 heteroatoms. The van der Waals surface area contributed by atoms with E-state index in [4.69, 9.17) is 37.9 Å². The maximum Gasteiger partial charge on any atom is 0.299 e. The third-order valence-corrected chi connectivity index (χ3v) is 5.85. The van der Waals surface area contributed by atoms with Gasteiger partial charge in [0, 0.05) is 25.2 Å². The maximum atomic E-state index is 11.1. The number of ether oxygens (including phenoxy) is 8. The van der Waals surface area contributed by atoms with E-state index in [0.717, 1.165) is 6.07 Å². The molecule has 0 aliphatic carbocycles. The highest BCUT2D eigenvalue weighted by Crippen LogP contribution is 2.28. The van der Waals surface area contributed by atoms with Crippen LogP contribution in [-0.2, 0) is 38.0 Å². The molecule has 0 aliphatic heterocycles. The van der Waals surface area contributed by atoms with Crippen LogP contribution in [0.15, 0.2) is 42.5 Å². The number of nitrogens with one attached hydrogen (secondary N) is 2. The molecule has 0 heterocycles. The number of benzene rings is 2. The smallest absolute Gasteiger partial charge is 0.299 e. The summed E-state index contributed by atoms with van der Waals surface area (Å²) in [5.74, 6) is 0.578. The number of non-ortho nitro benzene ring substituents is 1. The van der Waals surface area contributed by atoms with Gasteiger partial charge in [-0.1, -0.05) is 0 Å². The number of anilines is 2. The van der Waals surface area contributed by atoms with E-state index in [1.54, 1.807) is 24.3 Å². The summed E-state index contributed by atoms with van der Waals surface area (Å²) < 4.78 is 43.7. The zero-order chi connectivity index (χ0) is 34.0. The Hall–Kier alpha value is -3.97. The Morgan fingerprint density at radius 3 is 1.49 bits per heavy atom. The molecule has 2 rings (SSSR count). The number of rotatable bonds is 29. The average Bonchev–Trinajstić information content (AvgIpc) is 3.05. The predicted molar refractivity (Wildman–Crippen MR) is 170 cm³/mol. The van der Waals surface area contributed by atoms with Gasteiger partial charge in [-0.3, -0.25) is 25.0 Å². The molecular formula is C30H44N4O13. The van der Waals surface area contributed by atoms with E-state index in [1.165, 1.54) is 19.1 Å². The second kappa shape index (κ2) is 25.2. The van der Waals surface area contributed by atoms with Crippen LogP contribution in [0.3, 0.4) is 0 Å². The molecule has 0 aromatic heterocycles. The molecule has 0 saturated heterocycles. The number of nitrogens with zero attached hydrogens (tertiary/aromatic N) is 2. The summed E-state index contributed by atoms with van der Waals surface area (Å²) >= 11 is 0. The second-order valence-electron chi connectivity index (χ2n) is 9.48. The van der Waals surface area contributed by atoms with Gasteiger partial charge in [-0.25, -0.2) is 0 Å². The highest BCUT2D eigenvalue weighted by molar-refractivity contribution is 5.88. The maximum absolute atomic E-state index is 11.1. The topological polar surface area (TPSA) is 201 Å². The van der Waals surface area contributed by atoms with E-state index < -0.39 is 9.85 Å². The molecule has 47 heavy (non-hydrogen) atoms. The summed E-state index contributed by atoms with van der Waals surface area (Å²) in [5, 5.41) is 27.5. The summed E-state index contributed by atoms with van der Waals surface area (Å²) in [5.41, 5.74) is 0.183. The molecule has 2 aromatic carbocycles. The minimum Gasteiger partial charge on any atom is -0.491 e. The molecular weight excluding hydrogens is 624 g/mol. The standard InChI is InChI=1S/C30H44N4O13/c1-25(35)32-26-2-5-28(6-3-26)47-23-22-46-21-20-45-19-18-44-17-16-43-15-14-42-13-12-41-11-10-40-9-8-31-29-7-4-27(33(36)37)24-30(29)34(38)39/h2-7,24,31H,8-23H2,1H3,(H,32,35). The van der Waals surface area contributed by atoms with Gasteiger partial charge in [0.2, 0.25) is 5.91 Å². The van der Waals surface area contributed by atoms with Gasteiger partial charge >= 0.3 is 0 Å². The van der Waals surface area contributed by atoms with Crippen LogP contribution in [-0.4, -0.2) is 121 Å². The molecule has 0 saturated carbocycles. The van der Waals surface area contributed by atoms with Gasteiger partial charge in [-0.15, -0.1) is 0 Å². The fourth-order valence-electron chi connectivity index (χ4n) is 3.67. The zero-order valence-corrected chi connectivity index (χ0v) is 26.6. The Kier molecular flexibility index (Phi) is 21.0. The summed E-state index contributed by atoms with van der Waals surface area (Å²) in [6, 6.07) is 10.5. The Balaban J connectivity index is 1.26. The largest absolute Gasteiger partial charge is 0.491 e. The molecule has 0 unspecified atom stereocenters. The van der Waals surface area contributed by atoms with Crippen LogP contribution in [0.5, 0.6) is 5.75 Å². The van der Waals surface area contributed by atoms with Crippen molar-refractivity contribution in [1.29, 1.82) is 0 Å². The SMILES string of the molecule is CC(=O)Nc1ccc(OCCOCCOCCOCCOCCOCCOCCOCCNc2ccc([N+](=O)[O-])cc2[N+](=O)[O-])cc1. The van der Waals surface area contributed by atoms with Crippen LogP contribution in [0.25, 0.3) is 0 Å². The number of carbonyl (C=O) groups excluding carboxylic acids is 1. The molecule has 0 aliphatic rings. The van der Waals surface area contributed by atoms with Gasteiger partial charge in [0.1, 0.15) is 18.0 Å². The van der Waals surface area contributed by atoms with Gasteiger partial charge in [-0.2, -0.15) is 0 Å². The molecule has 0 atom stereocenters. The van der Waals surface area contributed by atoms with Crippen molar-refractivity contribution in [3.05, 3.63) is 62.7 Å². The van der Waals surface area contributed by atoms with Crippen molar-refractivity contribution in [3.8, 4) is 5.75 Å². The lowest BCUT2D eigenvalue weighted by Crippen LogP contribution is -2.15. The van der Waals surface area contributed by atoms with Crippen LogP contribution < -0.4 is 15.4 Å². The summed E-state index contributed by atoms with van der Waals surface area (Å²) in [7, 11) is 0. The quantitative estimate of drug-likeness (QED) is 0.0727. The molecule has 0 radical (unpaired) electrons. The average molecular weight is 669 g/mol. The minimum absolute atomic E-state index is 0.121. The first-order valence-electron chi connectivity index (χ1n) is 15.1. The fourth-order valence-corrected chi connectivity index (χ4v) is 3.67. The van der Waals surface area contributed by atoms with E-state index in [9.17, 15) is 25.0 Å². The Labute approximate surface area is 273 Å². The summed E-state index contributed by atoms with van der Waals surface area (Å²) in [4.78, 5) is 31.6. The van der Waals surface area contributed by atoms with E-state index in [1.807, 2.05) is 0 Å². The lowest BCUT2D eigenvalue weighted by Gasteiger charge is -2.09. The van der Waals surface area contributed by atoms with Crippen molar-refractivity contribution in [3.63, 3.8) is 0 Å². The highest BCUT2D eigenvalue weighted by atomic mass is 16.6. The number of nitro groups is 2. The third-order valence-electron chi connectivity index (χ3n) is 5.85. The number of amides is 1. The summed E-state index contributed by atoms with van der Waals surface area (Å²) in [6.07, 6.45) is 0. The van der Waals surface area contributed by atoms with E-state index in [0.29, 0.717) is 104 Å². The van der Waals surface area contributed by atoms with Gasteiger partial charge < -0.3 is 48.5 Å². The van der Waals surface area contributed by atoms with Crippen LogP contribution in [0.1, 0.15) is 6.92 Å². The molecule has 17 nitrogen and oxygen atoms in total. The Morgan fingerprint density at radius 1 is 0.617 bits per heavy atom. The van der Waals surface area contributed by atoms with Crippen molar-refractivity contribution < 1.29 is 52.5 Å². The molecule has 2 N–H and O–H groups in total. The van der Waals surface area contributed by atoms with Gasteiger partial charge in [0.25, 0.3) is 11.4 Å². The molecule has 1 amide bonds. The zero-order valence-electron chi connectivity index (χ0n) is 26.6. The second-order valence-corrected chi connectivity index (χ2v) is 9.48. The lowest BCUT2D eigenvalue weighted by molar-refractivity contribution is -0.393. The van der Waals surface area contributed by atoms with Crippen molar-refractivity contribution in [2.45, 2.75) is 6.92 Å². The van der Waals surface area contributed by atoms with Crippen LogP contribution in [0, 0.1) is 20.2 Å². The van der Waals surface area contributed by atoms with Crippen LogP contribution >= 0.6 is 0 Å². The lowest BCUT2D eigenvalue weighted by atomic mass is 10.2. The Morgan fingerprint density at radius 2 is 1.06 bits per heavy atom. The molecule has 262 valence electrons. The first kappa shape index (κ1) is 39.2. The molecule has 2 aromatic rings. The number of carbonyl (C=O) groups is 1. The predicted octanol–water partition coefficient (Wildman–Crippen LogP) is 3.07. The van der Waals surface area contributed by atoms with Crippen LogP contribution in [0.2, 0.25) is 0 Å². The minimum atomic E-state index is -0.684. The molecule has 0 fully saturated rings. The monoisotopic (exact) mass is 668 g/mol. The van der Waals surface area contributed by atoms with E-state index >= 15 is 0 Å². The van der Waals surface area contributed by atoms with Gasteiger partial charge in [-0.05, 0) is 30.3 Å². The first-order valence-corrected chi connectivity index (χ1v) is 15.1. The fraction of sp³-hybridized carbons (Fsp3) is 0.567. The summed E-state index contributed by atoms with van der Waals surface area (Å²) in [6.45, 7) is 7.95. The van der Waals surface area contributed by atoms with Crippen LogP contribution in [0.4, 0.5) is 22.7 Å². The van der Waals surface area contributed by atoms with E-state index in [2.05, 4.69) is 10.6 Å².